The molecule has 0 aromatic rings. The largest absolute Gasteiger partial charge is 0.317 e. The maximum atomic E-state index is 3.28. The van der Waals surface area contributed by atoms with Gasteiger partial charge in [-0.25, -0.2) is 0 Å². The molecule has 0 aliphatic carbocycles. The zero-order valence-electron chi connectivity index (χ0n) is 7.41. The summed E-state index contributed by atoms with van der Waals surface area (Å²) in [6, 6.07) is 0. The van der Waals surface area contributed by atoms with Gasteiger partial charge in [0.25, 0.3) is 0 Å². The SMILES string of the molecule is CCNCC/C=C(\C)CC. The summed E-state index contributed by atoms with van der Waals surface area (Å²) in [6.45, 7) is 8.72. The van der Waals surface area contributed by atoms with Gasteiger partial charge in [-0.15, -0.1) is 0 Å². The molecule has 0 aromatic carbocycles. The Kier molecular flexibility index (Phi) is 6.61. The minimum absolute atomic E-state index is 1.08. The molecule has 0 aliphatic rings. The van der Waals surface area contributed by atoms with Gasteiger partial charge in [-0.2, -0.15) is 0 Å². The Morgan fingerprint density at radius 2 is 2.10 bits per heavy atom. The lowest BCUT2D eigenvalue weighted by Gasteiger charge is -1.97. The van der Waals surface area contributed by atoms with Crippen LogP contribution in [0.1, 0.15) is 33.6 Å². The van der Waals surface area contributed by atoms with Crippen LogP contribution in [0.5, 0.6) is 0 Å². The monoisotopic (exact) mass is 141 g/mol. The number of nitrogens with one attached hydrogen (secondary N) is 1. The van der Waals surface area contributed by atoms with Crippen LogP contribution in [-0.2, 0) is 0 Å². The molecule has 0 rings (SSSR count). The highest BCUT2D eigenvalue weighted by molar-refractivity contribution is 4.96. The van der Waals surface area contributed by atoms with Crippen molar-refractivity contribution in [2.75, 3.05) is 13.1 Å². The lowest BCUT2D eigenvalue weighted by Crippen LogP contribution is -2.13. The first kappa shape index (κ1) is 9.70. The molecular weight excluding hydrogens is 122 g/mol. The number of hydrogen-bond donors (Lipinski definition) is 1. The highest BCUT2D eigenvalue weighted by Gasteiger charge is 1.83. The molecule has 0 amide bonds. The molecule has 0 fully saturated rings. The van der Waals surface area contributed by atoms with Crippen molar-refractivity contribution in [3.63, 3.8) is 0 Å². The van der Waals surface area contributed by atoms with Gasteiger partial charge in [-0.3, -0.25) is 0 Å². The molecule has 0 unspecified atom stereocenters. The van der Waals surface area contributed by atoms with Crippen molar-refractivity contribution >= 4 is 0 Å². The molecule has 0 heterocycles. The molecule has 0 radical (unpaired) electrons. The van der Waals surface area contributed by atoms with Crippen molar-refractivity contribution in [2.24, 2.45) is 0 Å². The summed E-state index contributed by atoms with van der Waals surface area (Å²) in [7, 11) is 0. The molecule has 0 saturated heterocycles. The average molecular weight is 141 g/mol. The Labute approximate surface area is 64.5 Å². The van der Waals surface area contributed by atoms with E-state index in [1.54, 1.807) is 0 Å². The maximum Gasteiger partial charge on any atom is -0.00143 e. The lowest BCUT2D eigenvalue weighted by molar-refractivity contribution is 0.724. The van der Waals surface area contributed by atoms with Crippen LogP contribution in [0.15, 0.2) is 11.6 Å². The topological polar surface area (TPSA) is 12.0 Å². The van der Waals surface area contributed by atoms with Crippen molar-refractivity contribution in [1.82, 2.24) is 5.32 Å². The van der Waals surface area contributed by atoms with Gasteiger partial charge in [-0.1, -0.05) is 25.5 Å². The van der Waals surface area contributed by atoms with Crippen molar-refractivity contribution in [1.29, 1.82) is 0 Å². The van der Waals surface area contributed by atoms with Gasteiger partial charge in [-0.05, 0) is 32.9 Å². The van der Waals surface area contributed by atoms with Crippen LogP contribution in [0.3, 0.4) is 0 Å². The van der Waals surface area contributed by atoms with E-state index in [1.807, 2.05) is 0 Å². The van der Waals surface area contributed by atoms with E-state index in [0.29, 0.717) is 0 Å². The molecule has 0 bridgehead atoms. The van der Waals surface area contributed by atoms with E-state index in [0.717, 1.165) is 13.1 Å². The standard InChI is InChI=1S/C9H19N/c1-4-9(3)7-6-8-10-5-2/h7,10H,4-6,8H2,1-3H3/b9-7+. The van der Waals surface area contributed by atoms with Gasteiger partial charge < -0.3 is 5.32 Å². The van der Waals surface area contributed by atoms with E-state index in [-0.39, 0.29) is 0 Å². The molecule has 1 N–H and O–H groups in total. The Morgan fingerprint density at radius 1 is 1.40 bits per heavy atom. The van der Waals surface area contributed by atoms with Crippen LogP contribution in [-0.4, -0.2) is 13.1 Å². The predicted octanol–water partition coefficient (Wildman–Crippen LogP) is 2.34. The molecule has 0 spiro atoms. The molecular formula is C9H19N. The van der Waals surface area contributed by atoms with Crippen LogP contribution in [0.2, 0.25) is 0 Å². The Hall–Kier alpha value is -0.300. The van der Waals surface area contributed by atoms with Crippen LogP contribution >= 0.6 is 0 Å². The molecule has 0 atom stereocenters. The van der Waals surface area contributed by atoms with Gasteiger partial charge in [0.2, 0.25) is 0 Å². The van der Waals surface area contributed by atoms with Crippen molar-refractivity contribution in [3.05, 3.63) is 11.6 Å². The smallest absolute Gasteiger partial charge is 0.00143 e. The van der Waals surface area contributed by atoms with Crippen molar-refractivity contribution in [2.45, 2.75) is 33.6 Å². The number of rotatable bonds is 5. The zero-order chi connectivity index (χ0) is 7.82. The minimum Gasteiger partial charge on any atom is -0.317 e. The van der Waals surface area contributed by atoms with Gasteiger partial charge in [0, 0.05) is 0 Å². The zero-order valence-corrected chi connectivity index (χ0v) is 7.41. The first-order chi connectivity index (χ1) is 4.81. The summed E-state index contributed by atoms with van der Waals surface area (Å²) < 4.78 is 0. The highest BCUT2D eigenvalue weighted by atomic mass is 14.8. The fourth-order valence-corrected chi connectivity index (χ4v) is 0.742. The second-order valence-electron chi connectivity index (χ2n) is 2.55. The fraction of sp³-hybridized carbons (Fsp3) is 0.778. The number of allylic oxidation sites excluding steroid dienone is 1. The Morgan fingerprint density at radius 3 is 2.60 bits per heavy atom. The van der Waals surface area contributed by atoms with Gasteiger partial charge in [0.05, 0.1) is 0 Å². The molecule has 60 valence electrons. The summed E-state index contributed by atoms with van der Waals surface area (Å²) in [5.41, 5.74) is 1.50. The second-order valence-corrected chi connectivity index (χ2v) is 2.55. The summed E-state index contributed by atoms with van der Waals surface area (Å²) in [5.74, 6) is 0. The van der Waals surface area contributed by atoms with E-state index in [1.165, 1.54) is 18.4 Å². The van der Waals surface area contributed by atoms with E-state index in [4.69, 9.17) is 0 Å². The molecule has 1 nitrogen and oxygen atoms in total. The van der Waals surface area contributed by atoms with E-state index >= 15 is 0 Å². The number of hydrogen-bond acceptors (Lipinski definition) is 1. The predicted molar refractivity (Wildman–Crippen MR) is 47.2 cm³/mol. The molecule has 0 aliphatic heterocycles. The summed E-state index contributed by atoms with van der Waals surface area (Å²) in [5, 5.41) is 3.28. The first-order valence-electron chi connectivity index (χ1n) is 4.17. The summed E-state index contributed by atoms with van der Waals surface area (Å²) >= 11 is 0. The Balaban J connectivity index is 3.16. The van der Waals surface area contributed by atoms with Gasteiger partial charge in [0.1, 0.15) is 0 Å². The Bertz CT molecular complexity index is 94.9. The second kappa shape index (κ2) is 6.81. The highest BCUT2D eigenvalue weighted by Crippen LogP contribution is 1.98. The molecule has 0 saturated carbocycles. The third-order valence-corrected chi connectivity index (χ3v) is 1.62. The summed E-state index contributed by atoms with van der Waals surface area (Å²) in [4.78, 5) is 0. The average Bonchev–Trinajstić information content (AvgIpc) is 1.98. The van der Waals surface area contributed by atoms with Gasteiger partial charge >= 0.3 is 0 Å². The fourth-order valence-electron chi connectivity index (χ4n) is 0.742. The minimum atomic E-state index is 1.08. The molecule has 0 aromatic heterocycles. The third kappa shape index (κ3) is 5.83. The normalized spacial score (nSPS) is 12.1. The van der Waals surface area contributed by atoms with Crippen molar-refractivity contribution in [3.8, 4) is 0 Å². The maximum absolute atomic E-state index is 3.28. The van der Waals surface area contributed by atoms with E-state index in [2.05, 4.69) is 32.2 Å². The van der Waals surface area contributed by atoms with Crippen LogP contribution in [0, 0.1) is 0 Å². The van der Waals surface area contributed by atoms with Crippen LogP contribution in [0.25, 0.3) is 0 Å². The molecule has 10 heavy (non-hydrogen) atoms. The van der Waals surface area contributed by atoms with E-state index in [9.17, 15) is 0 Å². The lowest BCUT2D eigenvalue weighted by atomic mass is 10.2. The van der Waals surface area contributed by atoms with Gasteiger partial charge in [0.15, 0.2) is 0 Å². The quantitative estimate of drug-likeness (QED) is 0.458. The van der Waals surface area contributed by atoms with E-state index < -0.39 is 0 Å². The third-order valence-electron chi connectivity index (χ3n) is 1.62. The van der Waals surface area contributed by atoms with Crippen molar-refractivity contribution < 1.29 is 0 Å². The van der Waals surface area contributed by atoms with Crippen LogP contribution in [0.4, 0.5) is 0 Å². The molecule has 1 heteroatoms. The van der Waals surface area contributed by atoms with Crippen LogP contribution < -0.4 is 5.32 Å². The first-order valence-corrected chi connectivity index (χ1v) is 4.17. The summed E-state index contributed by atoms with van der Waals surface area (Å²) in [6.07, 6.45) is 4.67.